The first-order chi connectivity index (χ1) is 13.6. The van der Waals surface area contributed by atoms with E-state index in [2.05, 4.69) is 3.27 Å². The van der Waals surface area contributed by atoms with Crippen LogP contribution < -0.4 is 4.46 Å². The molecule has 0 N–H and O–H groups in total. The minimum absolute atomic E-state index is 0.0335. The van der Waals surface area contributed by atoms with Crippen molar-refractivity contribution in [2.75, 3.05) is 27.8 Å². The Morgan fingerprint density at radius 3 is 1.76 bits per heavy atom. The van der Waals surface area contributed by atoms with E-state index in [1.54, 1.807) is 18.2 Å². The third kappa shape index (κ3) is 7.48. The summed E-state index contributed by atoms with van der Waals surface area (Å²) in [7, 11) is -2.85. The van der Waals surface area contributed by atoms with Gasteiger partial charge in [-0.1, -0.05) is 0 Å². The van der Waals surface area contributed by atoms with E-state index in [4.69, 9.17) is 18.9 Å². The number of rotatable bonds is 13. The molecule has 1 rings (SSSR count). The minimum atomic E-state index is -5.73. The molecule has 0 spiro atoms. The molecule has 0 aliphatic rings. The molecule has 0 radical (unpaired) electrons. The third-order valence-electron chi connectivity index (χ3n) is 3.78. The summed E-state index contributed by atoms with van der Waals surface area (Å²) < 4.78 is 86.8. The Labute approximate surface area is 175 Å². The van der Waals surface area contributed by atoms with E-state index in [9.17, 15) is 21.6 Å². The van der Waals surface area contributed by atoms with Crippen molar-refractivity contribution in [2.24, 2.45) is 0 Å². The van der Waals surface area contributed by atoms with Gasteiger partial charge in [0.1, 0.15) is 0 Å². The van der Waals surface area contributed by atoms with Gasteiger partial charge in [-0.15, -0.1) is 0 Å². The van der Waals surface area contributed by atoms with Crippen LogP contribution in [0.15, 0.2) is 18.2 Å². The summed E-state index contributed by atoms with van der Waals surface area (Å²) in [5.74, 6) is 0. The van der Waals surface area contributed by atoms with E-state index in [0.717, 1.165) is 0 Å². The standard InChI is InChI=1S/C17H25F3O7SSe/c1-5-14(25-10-23-3)12-8-7-9-13(15(6-2)26-11-24-4)16(12)29-27-28(21,22)17(18,19)20/h7-9,14-15H,5-6,10-11H2,1-4H3/t14-,15-/m0/s1. The van der Waals surface area contributed by atoms with Crippen LogP contribution in [0.3, 0.4) is 0 Å². The monoisotopic (exact) mass is 510 g/mol. The molecular formula is C17H25F3O7SSe. The van der Waals surface area contributed by atoms with Crippen LogP contribution >= 0.6 is 0 Å². The summed E-state index contributed by atoms with van der Waals surface area (Å²) in [6, 6.07) is 5.04. The van der Waals surface area contributed by atoms with E-state index in [0.29, 0.717) is 28.4 Å². The Balaban J connectivity index is 3.39. The van der Waals surface area contributed by atoms with Crippen LogP contribution in [0.5, 0.6) is 0 Å². The predicted molar refractivity (Wildman–Crippen MR) is 99.9 cm³/mol. The first-order valence-corrected chi connectivity index (χ1v) is 11.6. The summed E-state index contributed by atoms with van der Waals surface area (Å²) in [6.07, 6.45) is -0.0808. The summed E-state index contributed by atoms with van der Waals surface area (Å²) in [5.41, 5.74) is -4.45. The van der Waals surface area contributed by atoms with Crippen LogP contribution in [0.25, 0.3) is 0 Å². The van der Waals surface area contributed by atoms with Crippen molar-refractivity contribution in [2.45, 2.75) is 44.4 Å². The molecule has 2 atom stereocenters. The van der Waals surface area contributed by atoms with Crippen LogP contribution in [0, 0.1) is 0 Å². The van der Waals surface area contributed by atoms with Crippen molar-refractivity contribution in [3.05, 3.63) is 29.3 Å². The van der Waals surface area contributed by atoms with E-state index in [-0.39, 0.29) is 13.6 Å². The van der Waals surface area contributed by atoms with Gasteiger partial charge in [-0.2, -0.15) is 0 Å². The number of hydrogen-bond acceptors (Lipinski definition) is 7. The number of alkyl halides is 3. The SMILES string of the molecule is CC[C@H](OCOC)c1cccc([C@H](CC)OCOC)c1[Se]OS(=O)(=O)C(F)(F)F. The molecule has 7 nitrogen and oxygen atoms in total. The van der Waals surface area contributed by atoms with Gasteiger partial charge in [0.05, 0.1) is 0 Å². The third-order valence-corrected chi connectivity index (χ3v) is 7.48. The first kappa shape index (κ1) is 26.3. The molecule has 0 aliphatic heterocycles. The van der Waals surface area contributed by atoms with Crippen molar-refractivity contribution in [3.63, 3.8) is 0 Å². The molecule has 168 valence electrons. The fourth-order valence-electron chi connectivity index (χ4n) is 2.45. The molecule has 0 aliphatic carbocycles. The Kier molecular flexibility index (Phi) is 11.1. The number of halogens is 3. The Morgan fingerprint density at radius 2 is 1.41 bits per heavy atom. The molecular weight excluding hydrogens is 484 g/mol. The normalized spacial score (nSPS) is 14.7. The topological polar surface area (TPSA) is 80.3 Å². The predicted octanol–water partition coefficient (Wildman–Crippen LogP) is 2.94. The van der Waals surface area contributed by atoms with Crippen LogP contribution in [0.4, 0.5) is 13.2 Å². The molecule has 0 aromatic heterocycles. The zero-order chi connectivity index (χ0) is 22.1. The maximum atomic E-state index is 12.7. The first-order valence-electron chi connectivity index (χ1n) is 8.64. The molecule has 0 saturated carbocycles. The number of hydrogen-bond donors (Lipinski definition) is 0. The second-order valence-electron chi connectivity index (χ2n) is 5.76. The molecule has 29 heavy (non-hydrogen) atoms. The van der Waals surface area contributed by atoms with Gasteiger partial charge in [-0.25, -0.2) is 0 Å². The molecule has 1 aromatic rings. The van der Waals surface area contributed by atoms with Gasteiger partial charge >= 0.3 is 175 Å². The van der Waals surface area contributed by atoms with Crippen LogP contribution in [-0.2, 0) is 32.3 Å². The van der Waals surface area contributed by atoms with Gasteiger partial charge in [0.15, 0.2) is 0 Å². The van der Waals surface area contributed by atoms with Crippen molar-refractivity contribution < 1.29 is 43.8 Å². The van der Waals surface area contributed by atoms with Crippen molar-refractivity contribution >= 4 is 29.9 Å². The van der Waals surface area contributed by atoms with Crippen LogP contribution in [0.2, 0.25) is 0 Å². The van der Waals surface area contributed by atoms with Crippen molar-refractivity contribution in [1.29, 1.82) is 0 Å². The van der Waals surface area contributed by atoms with Gasteiger partial charge < -0.3 is 0 Å². The summed E-state index contributed by atoms with van der Waals surface area (Å²) in [5, 5.41) is 0. The summed E-state index contributed by atoms with van der Waals surface area (Å²) >= 11 is -1.51. The van der Waals surface area contributed by atoms with E-state index in [1.807, 2.05) is 13.8 Å². The molecule has 0 heterocycles. The molecule has 0 bridgehead atoms. The maximum absolute atomic E-state index is 12.7. The van der Waals surface area contributed by atoms with Crippen molar-refractivity contribution in [3.8, 4) is 0 Å². The fraction of sp³-hybridized carbons (Fsp3) is 0.647. The summed E-state index contributed by atoms with van der Waals surface area (Å²) in [4.78, 5) is 0. The Bertz CT molecular complexity index is 694. The Morgan fingerprint density at radius 1 is 0.966 bits per heavy atom. The average Bonchev–Trinajstić information content (AvgIpc) is 2.67. The summed E-state index contributed by atoms with van der Waals surface area (Å²) in [6.45, 7) is 3.59. The van der Waals surface area contributed by atoms with Gasteiger partial charge in [-0.05, 0) is 0 Å². The van der Waals surface area contributed by atoms with E-state index >= 15 is 0 Å². The van der Waals surface area contributed by atoms with Crippen LogP contribution in [-0.4, -0.2) is 57.0 Å². The molecule has 0 saturated heterocycles. The zero-order valence-electron chi connectivity index (χ0n) is 16.5. The van der Waals surface area contributed by atoms with Gasteiger partial charge in [0.2, 0.25) is 0 Å². The number of ether oxygens (including phenoxy) is 4. The van der Waals surface area contributed by atoms with Crippen LogP contribution in [0.1, 0.15) is 50.0 Å². The fourth-order valence-corrected chi connectivity index (χ4v) is 5.40. The van der Waals surface area contributed by atoms with E-state index in [1.165, 1.54) is 14.2 Å². The average molecular weight is 509 g/mol. The molecule has 1 aromatic carbocycles. The second-order valence-corrected chi connectivity index (χ2v) is 9.33. The molecule has 0 unspecified atom stereocenters. The quantitative estimate of drug-likeness (QED) is 0.230. The molecule has 0 fully saturated rings. The second kappa shape index (κ2) is 12.2. The molecule has 0 amide bonds. The van der Waals surface area contributed by atoms with Gasteiger partial charge in [-0.3, -0.25) is 0 Å². The molecule has 12 heteroatoms. The zero-order valence-corrected chi connectivity index (χ0v) is 19.1. The number of benzene rings is 1. The number of methoxy groups -OCH3 is 2. The van der Waals surface area contributed by atoms with Crippen molar-refractivity contribution in [1.82, 2.24) is 0 Å². The van der Waals surface area contributed by atoms with E-state index < -0.39 is 43.1 Å². The van der Waals surface area contributed by atoms with Gasteiger partial charge in [0, 0.05) is 0 Å². The Hall–Kier alpha value is -0.721. The van der Waals surface area contributed by atoms with Gasteiger partial charge in [0.25, 0.3) is 0 Å².